The van der Waals surface area contributed by atoms with Crippen LogP contribution >= 0.6 is 0 Å². The zero-order valence-electron chi connectivity index (χ0n) is 17.5. The van der Waals surface area contributed by atoms with Crippen molar-refractivity contribution in [1.29, 1.82) is 0 Å². The van der Waals surface area contributed by atoms with E-state index < -0.39 is 11.3 Å². The molecule has 0 bridgehead atoms. The summed E-state index contributed by atoms with van der Waals surface area (Å²) in [6.45, 7) is 6.14. The molecular weight excluding hydrogens is 394 g/mol. The third-order valence-corrected chi connectivity index (χ3v) is 7.83. The third-order valence-electron chi connectivity index (χ3n) is 7.45. The average Bonchev–Trinajstić information content (AvgIpc) is 3.06. The number of para-hydroxylation sites is 1. The predicted octanol–water partition coefficient (Wildman–Crippen LogP) is 3.12. The summed E-state index contributed by atoms with van der Waals surface area (Å²) in [7, 11) is 2.13. The Kier molecular flexibility index (Phi) is 5.06. The summed E-state index contributed by atoms with van der Waals surface area (Å²) >= 11 is -2.22. The summed E-state index contributed by atoms with van der Waals surface area (Å²) in [4.78, 5) is 2.62. The number of hydrogen-bond donors (Lipinski definition) is 1. The minimum Gasteiger partial charge on any atom is -0.760 e. The second kappa shape index (κ2) is 7.61. The van der Waals surface area contributed by atoms with Crippen LogP contribution in [0.4, 0.5) is 0 Å². The van der Waals surface area contributed by atoms with E-state index in [1.807, 2.05) is 6.07 Å². The number of piperidine rings is 1. The number of fused-ring (bicyclic) bond motifs is 2. The van der Waals surface area contributed by atoms with E-state index >= 15 is 0 Å². The molecule has 0 spiro atoms. The van der Waals surface area contributed by atoms with Crippen molar-refractivity contribution in [2.75, 3.05) is 19.6 Å². The molecule has 158 valence electrons. The van der Waals surface area contributed by atoms with Crippen LogP contribution in [-0.2, 0) is 36.7 Å². The quantitative estimate of drug-likeness (QED) is 0.595. The van der Waals surface area contributed by atoms with E-state index in [0.29, 0.717) is 18.4 Å². The van der Waals surface area contributed by atoms with Crippen LogP contribution < -0.4 is 4.72 Å². The van der Waals surface area contributed by atoms with Gasteiger partial charge in [-0.1, -0.05) is 49.4 Å². The number of aryl methyl sites for hydroxylation is 1. The number of nitrogens with one attached hydrogen (secondary N) is 1. The van der Waals surface area contributed by atoms with Gasteiger partial charge in [0.2, 0.25) is 0 Å². The maximum Gasteiger partial charge on any atom is 0.0480 e. The number of aromatic nitrogens is 1. The zero-order chi connectivity index (χ0) is 20.9. The van der Waals surface area contributed by atoms with Gasteiger partial charge in [0.25, 0.3) is 0 Å². The fourth-order valence-corrected chi connectivity index (χ4v) is 5.92. The molecule has 2 aliphatic rings. The molecule has 30 heavy (non-hydrogen) atoms. The van der Waals surface area contributed by atoms with Gasteiger partial charge in [0.05, 0.1) is 0 Å². The molecule has 1 aliphatic carbocycles. The second-order valence-electron chi connectivity index (χ2n) is 9.04. The molecule has 6 heteroatoms. The molecule has 5 nitrogen and oxygen atoms in total. The lowest BCUT2D eigenvalue weighted by Gasteiger charge is -2.24. The van der Waals surface area contributed by atoms with Crippen molar-refractivity contribution in [1.82, 2.24) is 14.2 Å². The minimum absolute atomic E-state index is 0.225. The Balaban J connectivity index is 1.21. The van der Waals surface area contributed by atoms with Gasteiger partial charge in [0.1, 0.15) is 0 Å². The summed E-state index contributed by atoms with van der Waals surface area (Å²) in [5, 5.41) is 1.37. The maximum absolute atomic E-state index is 10.8. The Labute approximate surface area is 180 Å². The first-order valence-corrected chi connectivity index (χ1v) is 11.7. The lowest BCUT2D eigenvalue weighted by atomic mass is 9.91. The Bertz CT molecular complexity index is 1100. The standard InChI is InChI=1S/C24H29N3O2S/c1-24(19-7-5-6-17(12-19)13-25-30(28)29)21-15-27(16-22(21)24)11-10-18-14-26(2)23-9-4-3-8-20(18)23/h3-9,12,14,21-22,25H,10-11,13,15-16H2,1-2H3,(H,28,29)/p-1. The van der Waals surface area contributed by atoms with Gasteiger partial charge >= 0.3 is 0 Å². The highest BCUT2D eigenvalue weighted by molar-refractivity contribution is 7.77. The molecule has 1 N–H and O–H groups in total. The molecule has 1 aliphatic heterocycles. The molecule has 3 atom stereocenters. The first-order chi connectivity index (χ1) is 14.5. The molecule has 1 saturated heterocycles. The van der Waals surface area contributed by atoms with E-state index in [1.165, 1.54) is 22.0 Å². The highest BCUT2D eigenvalue weighted by atomic mass is 32.2. The lowest BCUT2D eigenvalue weighted by molar-refractivity contribution is 0.281. The van der Waals surface area contributed by atoms with Gasteiger partial charge in [-0.3, -0.25) is 4.21 Å². The lowest BCUT2D eigenvalue weighted by Crippen LogP contribution is -2.30. The highest BCUT2D eigenvalue weighted by Gasteiger charge is 2.65. The normalized spacial score (nSPS) is 26.8. The largest absolute Gasteiger partial charge is 0.760 e. The van der Waals surface area contributed by atoms with Gasteiger partial charge in [0, 0.05) is 67.0 Å². The van der Waals surface area contributed by atoms with Crippen molar-refractivity contribution in [3.8, 4) is 0 Å². The second-order valence-corrected chi connectivity index (χ2v) is 9.80. The molecule has 2 aromatic carbocycles. The van der Waals surface area contributed by atoms with Gasteiger partial charge < -0.3 is 14.0 Å². The smallest absolute Gasteiger partial charge is 0.0480 e. The van der Waals surface area contributed by atoms with Crippen molar-refractivity contribution in [2.24, 2.45) is 18.9 Å². The molecule has 1 aromatic heterocycles. The van der Waals surface area contributed by atoms with E-state index in [2.05, 4.69) is 76.8 Å². The van der Waals surface area contributed by atoms with E-state index in [0.717, 1.165) is 31.6 Å². The van der Waals surface area contributed by atoms with E-state index in [1.54, 1.807) is 0 Å². The highest BCUT2D eigenvalue weighted by Crippen LogP contribution is 2.63. The molecule has 5 rings (SSSR count). The average molecular weight is 423 g/mol. The molecule has 2 heterocycles. The minimum atomic E-state index is -2.22. The van der Waals surface area contributed by atoms with Crippen LogP contribution in [0.3, 0.4) is 0 Å². The fraction of sp³-hybridized carbons (Fsp3) is 0.417. The SMILES string of the molecule is Cn1cc(CCN2CC3C(C2)C3(C)c2cccc(CNS(=O)[O-])c2)c2ccccc21. The molecule has 2 fully saturated rings. The van der Waals surface area contributed by atoms with Crippen molar-refractivity contribution in [2.45, 2.75) is 25.3 Å². The first-order valence-electron chi connectivity index (χ1n) is 10.6. The van der Waals surface area contributed by atoms with Crippen LogP contribution in [0.2, 0.25) is 0 Å². The van der Waals surface area contributed by atoms with E-state index in [-0.39, 0.29) is 5.41 Å². The molecule has 0 radical (unpaired) electrons. The van der Waals surface area contributed by atoms with Crippen molar-refractivity contribution in [3.05, 3.63) is 71.4 Å². The Morgan fingerprint density at radius 3 is 2.70 bits per heavy atom. The Morgan fingerprint density at radius 1 is 1.17 bits per heavy atom. The van der Waals surface area contributed by atoms with Crippen LogP contribution in [0.5, 0.6) is 0 Å². The van der Waals surface area contributed by atoms with E-state index in [9.17, 15) is 8.76 Å². The first kappa shape index (κ1) is 19.9. The molecular formula is C24H28N3O2S-. The molecule has 3 unspecified atom stereocenters. The Hall–Kier alpha value is -1.99. The predicted molar refractivity (Wildman–Crippen MR) is 120 cm³/mol. The van der Waals surface area contributed by atoms with Crippen molar-refractivity contribution in [3.63, 3.8) is 0 Å². The topological polar surface area (TPSA) is 60.3 Å². The summed E-state index contributed by atoms with van der Waals surface area (Å²) in [5.74, 6) is 1.39. The number of rotatable bonds is 7. The third kappa shape index (κ3) is 3.42. The van der Waals surface area contributed by atoms with Crippen LogP contribution in [0, 0.1) is 11.8 Å². The van der Waals surface area contributed by atoms with Gasteiger partial charge in [-0.25, -0.2) is 4.72 Å². The number of hydrogen-bond acceptors (Lipinski definition) is 3. The van der Waals surface area contributed by atoms with Crippen molar-refractivity contribution < 1.29 is 8.76 Å². The van der Waals surface area contributed by atoms with Crippen LogP contribution in [-0.4, -0.2) is 37.9 Å². The van der Waals surface area contributed by atoms with Gasteiger partial charge in [-0.2, -0.15) is 0 Å². The maximum atomic E-state index is 10.8. The molecule has 1 saturated carbocycles. The van der Waals surface area contributed by atoms with Crippen molar-refractivity contribution >= 4 is 22.2 Å². The Morgan fingerprint density at radius 2 is 1.93 bits per heavy atom. The van der Waals surface area contributed by atoms with E-state index in [4.69, 9.17) is 0 Å². The number of nitrogens with zero attached hydrogens (tertiary/aromatic N) is 2. The summed E-state index contributed by atoms with van der Waals surface area (Å²) in [6.07, 6.45) is 3.37. The summed E-state index contributed by atoms with van der Waals surface area (Å²) < 4.78 is 26.3. The summed E-state index contributed by atoms with van der Waals surface area (Å²) in [5.41, 5.74) is 5.34. The monoisotopic (exact) mass is 422 g/mol. The molecule has 0 amide bonds. The van der Waals surface area contributed by atoms with Gasteiger partial charge in [-0.05, 0) is 41.0 Å². The zero-order valence-corrected chi connectivity index (χ0v) is 18.3. The molecule has 3 aromatic rings. The van der Waals surface area contributed by atoms with Crippen LogP contribution in [0.15, 0.2) is 54.7 Å². The number of benzene rings is 2. The number of likely N-dealkylation sites (tertiary alicyclic amines) is 1. The van der Waals surface area contributed by atoms with Gasteiger partial charge in [0.15, 0.2) is 0 Å². The van der Waals surface area contributed by atoms with Gasteiger partial charge in [-0.15, -0.1) is 0 Å². The fourth-order valence-electron chi connectivity index (χ4n) is 5.64. The van der Waals surface area contributed by atoms with Crippen LogP contribution in [0.1, 0.15) is 23.6 Å². The van der Waals surface area contributed by atoms with Crippen LogP contribution in [0.25, 0.3) is 10.9 Å². The summed E-state index contributed by atoms with van der Waals surface area (Å²) in [6, 6.07) is 17.1.